The molecule has 1 saturated heterocycles. The van der Waals surface area contributed by atoms with Crippen LogP contribution < -0.4 is 14.2 Å². The number of rotatable bonds is 6. The van der Waals surface area contributed by atoms with Crippen LogP contribution in [-0.2, 0) is 9.47 Å². The number of halogens is 2. The molecule has 1 atom stereocenters. The van der Waals surface area contributed by atoms with E-state index >= 15 is 0 Å². The molecule has 0 saturated carbocycles. The number of fused-ring (bicyclic) bond motifs is 1. The van der Waals surface area contributed by atoms with E-state index in [4.69, 9.17) is 35.3 Å². The van der Waals surface area contributed by atoms with Crippen LogP contribution in [0.25, 0.3) is 10.9 Å². The van der Waals surface area contributed by atoms with Crippen LogP contribution in [0.15, 0.2) is 36.7 Å². The Bertz CT molecular complexity index is 1080. The highest BCUT2D eigenvalue weighted by atomic mass is 35.5. The van der Waals surface area contributed by atoms with Gasteiger partial charge in [-0.15, -0.1) is 0 Å². The first-order valence-corrected chi connectivity index (χ1v) is 9.62. The largest absolute Gasteiger partial charge is 0.493 e. The quantitative estimate of drug-likeness (QED) is 0.554. The molecular weight excluding hydrogens is 415 g/mol. The van der Waals surface area contributed by atoms with Gasteiger partial charge in [0.2, 0.25) is 5.88 Å². The lowest BCUT2D eigenvalue weighted by Gasteiger charge is -2.18. The lowest BCUT2D eigenvalue weighted by atomic mass is 10.2. The van der Waals surface area contributed by atoms with E-state index in [-0.39, 0.29) is 29.4 Å². The summed E-state index contributed by atoms with van der Waals surface area (Å²) >= 11 is 5.80. The van der Waals surface area contributed by atoms with Gasteiger partial charge in [0.1, 0.15) is 19.0 Å². The Morgan fingerprint density at radius 3 is 2.70 bits per heavy atom. The Hall–Kier alpha value is -2.68. The summed E-state index contributed by atoms with van der Waals surface area (Å²) in [6.07, 6.45) is 1.11. The van der Waals surface area contributed by atoms with Crippen LogP contribution in [0, 0.1) is 5.82 Å². The number of ether oxygens (including phenoxy) is 5. The van der Waals surface area contributed by atoms with Crippen LogP contribution in [0.5, 0.6) is 23.1 Å². The average Bonchev–Trinajstić information content (AvgIpc) is 3.06. The molecule has 0 radical (unpaired) electrons. The highest BCUT2D eigenvalue weighted by Gasteiger charge is 2.33. The monoisotopic (exact) mass is 434 g/mol. The van der Waals surface area contributed by atoms with Crippen molar-refractivity contribution in [1.29, 1.82) is 0 Å². The molecule has 3 aromatic rings. The van der Waals surface area contributed by atoms with E-state index in [1.807, 2.05) is 13.8 Å². The Balaban J connectivity index is 1.63. The Kier molecular flexibility index (Phi) is 5.64. The first kappa shape index (κ1) is 20.6. The second-order valence-corrected chi connectivity index (χ2v) is 7.57. The molecule has 1 unspecified atom stereocenters. The number of nitrogens with zero attached hydrogens (tertiary/aromatic N) is 2. The van der Waals surface area contributed by atoms with Crippen LogP contribution >= 0.6 is 11.6 Å². The molecule has 2 aromatic carbocycles. The van der Waals surface area contributed by atoms with Crippen molar-refractivity contribution in [3.8, 4) is 23.1 Å². The van der Waals surface area contributed by atoms with Crippen LogP contribution in [-0.4, -0.2) is 42.2 Å². The lowest BCUT2D eigenvalue weighted by Crippen LogP contribution is -2.25. The van der Waals surface area contributed by atoms with E-state index in [0.717, 1.165) is 0 Å². The standard InChI is InChI=1S/C21H20ClFN2O5/c1-21(2)28-10-13(30-21)9-27-19-7-14-16(8-18(19)26-3)24-11-25-20(14)29-17-5-4-12(22)6-15(17)23/h4-8,11,13H,9-10H2,1-3H3. The molecule has 1 aliphatic heterocycles. The van der Waals surface area contributed by atoms with Crippen molar-refractivity contribution < 1.29 is 28.1 Å². The summed E-state index contributed by atoms with van der Waals surface area (Å²) in [4.78, 5) is 8.39. The summed E-state index contributed by atoms with van der Waals surface area (Å²) in [6, 6.07) is 7.53. The minimum Gasteiger partial charge on any atom is -0.493 e. The van der Waals surface area contributed by atoms with Gasteiger partial charge in [-0.25, -0.2) is 14.4 Å². The molecule has 9 heteroatoms. The summed E-state index contributed by atoms with van der Waals surface area (Å²) in [6.45, 7) is 4.39. The van der Waals surface area contributed by atoms with E-state index in [1.54, 1.807) is 12.1 Å². The predicted molar refractivity (Wildman–Crippen MR) is 108 cm³/mol. The van der Waals surface area contributed by atoms with Crippen molar-refractivity contribution in [3.63, 3.8) is 0 Å². The van der Waals surface area contributed by atoms with Crippen molar-refractivity contribution >= 4 is 22.5 Å². The van der Waals surface area contributed by atoms with E-state index in [2.05, 4.69) is 9.97 Å². The zero-order valence-electron chi connectivity index (χ0n) is 16.6. The molecule has 158 valence electrons. The van der Waals surface area contributed by atoms with Gasteiger partial charge in [-0.1, -0.05) is 11.6 Å². The fourth-order valence-corrected chi connectivity index (χ4v) is 3.24. The number of benzene rings is 2. The van der Waals surface area contributed by atoms with Gasteiger partial charge in [0.15, 0.2) is 28.9 Å². The summed E-state index contributed by atoms with van der Waals surface area (Å²) in [5.41, 5.74) is 0.556. The molecule has 1 aromatic heterocycles. The predicted octanol–water partition coefficient (Wildman–Crippen LogP) is 4.75. The van der Waals surface area contributed by atoms with Gasteiger partial charge in [-0.2, -0.15) is 0 Å². The number of methoxy groups -OCH3 is 1. The summed E-state index contributed by atoms with van der Waals surface area (Å²) in [5, 5.41) is 0.806. The lowest BCUT2D eigenvalue weighted by molar-refractivity contribution is -0.141. The molecule has 0 spiro atoms. The fraction of sp³-hybridized carbons (Fsp3) is 0.333. The SMILES string of the molecule is COc1cc2ncnc(Oc3ccc(Cl)cc3F)c2cc1OCC1COC(C)(C)O1. The first-order valence-electron chi connectivity index (χ1n) is 9.25. The normalized spacial score (nSPS) is 17.8. The van der Waals surface area contributed by atoms with Gasteiger partial charge < -0.3 is 23.7 Å². The van der Waals surface area contributed by atoms with Crippen LogP contribution in [0.3, 0.4) is 0 Å². The van der Waals surface area contributed by atoms with Crippen LogP contribution in [0.4, 0.5) is 4.39 Å². The minimum atomic E-state index is -0.640. The van der Waals surface area contributed by atoms with Gasteiger partial charge in [0, 0.05) is 11.1 Å². The van der Waals surface area contributed by atoms with Crippen LogP contribution in [0.1, 0.15) is 13.8 Å². The van der Waals surface area contributed by atoms with E-state index in [9.17, 15) is 4.39 Å². The molecule has 0 amide bonds. The molecule has 4 rings (SSSR count). The Morgan fingerprint density at radius 2 is 2.00 bits per heavy atom. The highest BCUT2D eigenvalue weighted by Crippen LogP contribution is 2.37. The molecule has 7 nitrogen and oxygen atoms in total. The molecule has 1 aliphatic rings. The molecular formula is C21H20ClFN2O5. The van der Waals surface area contributed by atoms with Crippen LogP contribution in [0.2, 0.25) is 5.02 Å². The molecule has 0 aliphatic carbocycles. The van der Waals surface area contributed by atoms with E-state index < -0.39 is 11.6 Å². The van der Waals surface area contributed by atoms with Gasteiger partial charge in [0.25, 0.3) is 0 Å². The maximum Gasteiger partial charge on any atom is 0.230 e. The van der Waals surface area contributed by atoms with E-state index in [0.29, 0.717) is 29.0 Å². The van der Waals surface area contributed by atoms with Crippen molar-refractivity contribution in [1.82, 2.24) is 9.97 Å². The van der Waals surface area contributed by atoms with Crippen molar-refractivity contribution in [2.75, 3.05) is 20.3 Å². The zero-order valence-corrected chi connectivity index (χ0v) is 17.4. The topological polar surface area (TPSA) is 71.9 Å². The minimum absolute atomic E-state index is 0.00331. The summed E-state index contributed by atoms with van der Waals surface area (Å²) in [5.74, 6) is -0.122. The average molecular weight is 435 g/mol. The second-order valence-electron chi connectivity index (χ2n) is 7.14. The summed E-state index contributed by atoms with van der Waals surface area (Å²) < 4.78 is 42.5. The van der Waals surface area contributed by atoms with Crippen molar-refractivity contribution in [2.45, 2.75) is 25.7 Å². The highest BCUT2D eigenvalue weighted by molar-refractivity contribution is 6.30. The third-order valence-electron chi connectivity index (χ3n) is 4.48. The fourth-order valence-electron chi connectivity index (χ4n) is 3.08. The third-order valence-corrected chi connectivity index (χ3v) is 4.71. The van der Waals surface area contributed by atoms with Gasteiger partial charge in [-0.3, -0.25) is 0 Å². The second kappa shape index (κ2) is 8.22. The number of hydrogen-bond acceptors (Lipinski definition) is 7. The third kappa shape index (κ3) is 4.40. The molecule has 30 heavy (non-hydrogen) atoms. The maximum atomic E-state index is 14.2. The zero-order chi connectivity index (χ0) is 21.3. The smallest absolute Gasteiger partial charge is 0.230 e. The maximum absolute atomic E-state index is 14.2. The van der Waals surface area contributed by atoms with Gasteiger partial charge in [-0.05, 0) is 38.1 Å². The van der Waals surface area contributed by atoms with Gasteiger partial charge in [0.05, 0.1) is 24.6 Å². The molecule has 1 fully saturated rings. The van der Waals surface area contributed by atoms with Crippen molar-refractivity contribution in [2.24, 2.45) is 0 Å². The Morgan fingerprint density at radius 1 is 1.17 bits per heavy atom. The molecule has 0 N–H and O–H groups in total. The van der Waals surface area contributed by atoms with Crippen molar-refractivity contribution in [3.05, 3.63) is 47.5 Å². The number of hydrogen-bond donors (Lipinski definition) is 0. The first-order chi connectivity index (χ1) is 14.3. The molecule has 2 heterocycles. The van der Waals surface area contributed by atoms with Gasteiger partial charge >= 0.3 is 0 Å². The Labute approximate surface area is 177 Å². The van der Waals surface area contributed by atoms with E-state index in [1.165, 1.54) is 31.6 Å². The molecule has 0 bridgehead atoms. The summed E-state index contributed by atoms with van der Waals surface area (Å²) in [7, 11) is 1.54. The number of aromatic nitrogens is 2.